The Morgan fingerprint density at radius 3 is 2.55 bits per heavy atom. The minimum absolute atomic E-state index is 0.0850. The van der Waals surface area contributed by atoms with Gasteiger partial charge in [-0.3, -0.25) is 9.59 Å². The molecular weight excluding hydrogens is 303 g/mol. The number of carboxylic acid groups (broad SMARTS) is 1. The number of nitrogens with zero attached hydrogens (tertiary/aromatic N) is 1. The standard InChI is InChI=1S/C14H14F3NO4/c15-14(16,17)22-11-3-1-2-9(6-11)7-12(19)18(8-13(20)21)10-4-5-10/h1-3,6,10H,4-5,7-8H2,(H,20,21). The fourth-order valence-corrected chi connectivity index (χ4v) is 2.08. The Morgan fingerprint density at radius 2 is 2.00 bits per heavy atom. The lowest BCUT2D eigenvalue weighted by molar-refractivity contribution is -0.274. The van der Waals surface area contributed by atoms with Gasteiger partial charge in [-0.2, -0.15) is 0 Å². The normalized spacial score (nSPS) is 14.5. The smallest absolute Gasteiger partial charge is 0.480 e. The Balaban J connectivity index is 2.04. The summed E-state index contributed by atoms with van der Waals surface area (Å²) >= 11 is 0. The van der Waals surface area contributed by atoms with Gasteiger partial charge in [-0.1, -0.05) is 12.1 Å². The molecule has 1 aliphatic carbocycles. The first kappa shape index (κ1) is 16.1. The summed E-state index contributed by atoms with van der Waals surface area (Å²) in [6.07, 6.45) is -3.47. The Kier molecular flexibility index (Phi) is 4.58. The Bertz CT molecular complexity index is 569. The summed E-state index contributed by atoms with van der Waals surface area (Å²) in [7, 11) is 0. The first-order valence-corrected chi connectivity index (χ1v) is 6.60. The van der Waals surface area contributed by atoms with Crippen LogP contribution < -0.4 is 4.74 Å². The van der Waals surface area contributed by atoms with E-state index in [1.165, 1.54) is 17.0 Å². The SMILES string of the molecule is O=C(O)CN(C(=O)Cc1cccc(OC(F)(F)F)c1)C1CC1. The van der Waals surface area contributed by atoms with E-state index < -0.39 is 30.5 Å². The third-order valence-electron chi connectivity index (χ3n) is 3.10. The van der Waals surface area contributed by atoms with Crippen LogP contribution in [-0.2, 0) is 16.0 Å². The van der Waals surface area contributed by atoms with Crippen molar-refractivity contribution >= 4 is 11.9 Å². The minimum atomic E-state index is -4.80. The van der Waals surface area contributed by atoms with Gasteiger partial charge in [-0.25, -0.2) is 0 Å². The molecule has 0 bridgehead atoms. The monoisotopic (exact) mass is 317 g/mol. The molecule has 0 saturated heterocycles. The van der Waals surface area contributed by atoms with Crippen LogP contribution in [0.5, 0.6) is 5.75 Å². The van der Waals surface area contributed by atoms with E-state index in [4.69, 9.17) is 5.11 Å². The molecule has 0 unspecified atom stereocenters. The second-order valence-electron chi connectivity index (χ2n) is 5.02. The largest absolute Gasteiger partial charge is 0.573 e. The lowest BCUT2D eigenvalue weighted by Gasteiger charge is -2.20. The summed E-state index contributed by atoms with van der Waals surface area (Å²) in [5.41, 5.74) is 0.336. The van der Waals surface area contributed by atoms with E-state index in [-0.39, 0.29) is 12.5 Å². The zero-order valence-electron chi connectivity index (χ0n) is 11.5. The van der Waals surface area contributed by atoms with Crippen molar-refractivity contribution in [3.63, 3.8) is 0 Å². The first-order chi connectivity index (χ1) is 10.2. The van der Waals surface area contributed by atoms with E-state index >= 15 is 0 Å². The highest BCUT2D eigenvalue weighted by Crippen LogP contribution is 2.28. The Hall–Kier alpha value is -2.25. The number of hydrogen-bond donors (Lipinski definition) is 1. The number of carboxylic acids is 1. The summed E-state index contributed by atoms with van der Waals surface area (Å²) in [5, 5.41) is 8.81. The number of carbonyl (C=O) groups is 2. The van der Waals surface area contributed by atoms with E-state index in [2.05, 4.69) is 4.74 Å². The molecule has 2 rings (SSSR count). The zero-order valence-corrected chi connectivity index (χ0v) is 11.5. The van der Waals surface area contributed by atoms with Crippen LogP contribution in [0.2, 0.25) is 0 Å². The van der Waals surface area contributed by atoms with Crippen LogP contribution >= 0.6 is 0 Å². The highest BCUT2D eigenvalue weighted by molar-refractivity contribution is 5.83. The molecule has 8 heteroatoms. The predicted molar refractivity (Wildman–Crippen MR) is 69.2 cm³/mol. The van der Waals surface area contributed by atoms with Gasteiger partial charge in [0.1, 0.15) is 12.3 Å². The highest BCUT2D eigenvalue weighted by Gasteiger charge is 2.34. The third-order valence-corrected chi connectivity index (χ3v) is 3.10. The van der Waals surface area contributed by atoms with E-state index in [0.29, 0.717) is 5.56 Å². The molecule has 0 aliphatic heterocycles. The fraction of sp³-hybridized carbons (Fsp3) is 0.429. The summed E-state index contributed by atoms with van der Waals surface area (Å²) in [5.74, 6) is -1.95. The van der Waals surface area contributed by atoms with Gasteiger partial charge in [0.05, 0.1) is 6.42 Å². The maximum atomic E-state index is 12.2. The molecule has 22 heavy (non-hydrogen) atoms. The van der Waals surface area contributed by atoms with E-state index in [1.54, 1.807) is 0 Å². The van der Waals surface area contributed by atoms with Crippen molar-refractivity contribution in [1.29, 1.82) is 0 Å². The van der Waals surface area contributed by atoms with Crippen LogP contribution in [0.3, 0.4) is 0 Å². The number of aliphatic carboxylic acids is 1. The Morgan fingerprint density at radius 1 is 1.32 bits per heavy atom. The van der Waals surface area contributed by atoms with Gasteiger partial charge in [0.2, 0.25) is 5.91 Å². The number of hydrogen-bond acceptors (Lipinski definition) is 3. The van der Waals surface area contributed by atoms with Crippen LogP contribution in [0.4, 0.5) is 13.2 Å². The van der Waals surface area contributed by atoms with Gasteiger partial charge >= 0.3 is 12.3 Å². The van der Waals surface area contributed by atoms with Gasteiger partial charge < -0.3 is 14.7 Å². The number of ether oxygens (including phenoxy) is 1. The summed E-state index contributed by atoms with van der Waals surface area (Å²) in [6.45, 7) is -0.401. The molecule has 1 amide bonds. The molecule has 1 saturated carbocycles. The van der Waals surface area contributed by atoms with E-state index in [1.807, 2.05) is 0 Å². The summed E-state index contributed by atoms with van der Waals surface area (Å²) in [6, 6.07) is 5.02. The van der Waals surface area contributed by atoms with Crippen LogP contribution in [0.15, 0.2) is 24.3 Å². The van der Waals surface area contributed by atoms with E-state index in [9.17, 15) is 22.8 Å². The summed E-state index contributed by atoms with van der Waals surface area (Å²) in [4.78, 5) is 24.1. The fourth-order valence-electron chi connectivity index (χ4n) is 2.08. The van der Waals surface area contributed by atoms with Crippen molar-refractivity contribution < 1.29 is 32.6 Å². The predicted octanol–water partition coefficient (Wildman–Crippen LogP) is 2.20. The van der Waals surface area contributed by atoms with Crippen molar-refractivity contribution in [1.82, 2.24) is 4.90 Å². The van der Waals surface area contributed by atoms with Crippen molar-refractivity contribution in [2.24, 2.45) is 0 Å². The van der Waals surface area contributed by atoms with Crippen molar-refractivity contribution in [2.75, 3.05) is 6.54 Å². The molecule has 0 spiro atoms. The molecule has 1 N–H and O–H groups in total. The maximum absolute atomic E-state index is 12.2. The van der Waals surface area contributed by atoms with Crippen molar-refractivity contribution in [3.8, 4) is 5.75 Å². The lowest BCUT2D eigenvalue weighted by atomic mass is 10.1. The summed E-state index contributed by atoms with van der Waals surface area (Å²) < 4.78 is 40.3. The second-order valence-corrected chi connectivity index (χ2v) is 5.02. The molecule has 0 atom stereocenters. The van der Waals surface area contributed by atoms with E-state index in [0.717, 1.165) is 25.0 Å². The molecule has 0 radical (unpaired) electrons. The molecule has 1 aliphatic rings. The van der Waals surface area contributed by atoms with Crippen molar-refractivity contribution in [3.05, 3.63) is 29.8 Å². The topological polar surface area (TPSA) is 66.8 Å². The molecule has 5 nitrogen and oxygen atoms in total. The van der Waals surface area contributed by atoms with Gasteiger partial charge in [-0.05, 0) is 30.5 Å². The van der Waals surface area contributed by atoms with Gasteiger partial charge in [0.15, 0.2) is 0 Å². The first-order valence-electron chi connectivity index (χ1n) is 6.60. The molecule has 0 heterocycles. The van der Waals surface area contributed by atoms with Crippen molar-refractivity contribution in [2.45, 2.75) is 31.7 Å². The quantitative estimate of drug-likeness (QED) is 0.873. The van der Waals surface area contributed by atoms with Crippen LogP contribution in [0.25, 0.3) is 0 Å². The van der Waals surface area contributed by atoms with Gasteiger partial charge in [-0.15, -0.1) is 13.2 Å². The highest BCUT2D eigenvalue weighted by atomic mass is 19.4. The van der Waals surface area contributed by atoms with Gasteiger partial charge in [0, 0.05) is 6.04 Å². The molecule has 0 aromatic heterocycles. The second kappa shape index (κ2) is 6.25. The number of alkyl halides is 3. The number of carbonyl (C=O) groups excluding carboxylic acids is 1. The lowest BCUT2D eigenvalue weighted by Crippen LogP contribution is -2.38. The average molecular weight is 317 g/mol. The number of halogens is 3. The molecule has 1 aromatic carbocycles. The van der Waals surface area contributed by atoms with Crippen LogP contribution in [0, 0.1) is 0 Å². The minimum Gasteiger partial charge on any atom is -0.480 e. The molecular formula is C14H14F3NO4. The molecule has 1 fully saturated rings. The number of amides is 1. The van der Waals surface area contributed by atoms with Gasteiger partial charge in [0.25, 0.3) is 0 Å². The van der Waals surface area contributed by atoms with Crippen LogP contribution in [-0.4, -0.2) is 40.8 Å². The molecule has 120 valence electrons. The number of rotatable bonds is 6. The maximum Gasteiger partial charge on any atom is 0.573 e. The third kappa shape index (κ3) is 4.94. The average Bonchev–Trinajstić information content (AvgIpc) is 3.18. The van der Waals surface area contributed by atoms with Crippen LogP contribution in [0.1, 0.15) is 18.4 Å². The Labute approximate surface area is 124 Å². The molecule has 1 aromatic rings. The zero-order chi connectivity index (χ0) is 16.3. The number of benzene rings is 1.